The maximum Gasteiger partial charge on any atom is 0.339 e. The topological polar surface area (TPSA) is 46.5 Å². The monoisotopic (exact) mass is 165 g/mol. The van der Waals surface area contributed by atoms with Gasteiger partial charge in [-0.1, -0.05) is 30.3 Å². The second-order valence-electron chi connectivity index (χ2n) is 2.28. The van der Waals surface area contributed by atoms with E-state index in [1.807, 2.05) is 0 Å². The van der Waals surface area contributed by atoms with Gasteiger partial charge in [-0.3, -0.25) is 0 Å². The van der Waals surface area contributed by atoms with Gasteiger partial charge in [0, 0.05) is 0 Å². The van der Waals surface area contributed by atoms with Crippen LogP contribution in [-0.4, -0.2) is 11.1 Å². The van der Waals surface area contributed by atoms with Gasteiger partial charge in [0.05, 0.1) is 0 Å². The number of hydrogen-bond donors (Lipinski definition) is 1. The van der Waals surface area contributed by atoms with Gasteiger partial charge in [-0.15, -0.1) is 0 Å². The highest BCUT2D eigenvalue weighted by Crippen LogP contribution is 2.12. The van der Waals surface area contributed by atoms with Crippen LogP contribution in [0.15, 0.2) is 30.3 Å². The van der Waals surface area contributed by atoms with Crippen LogP contribution in [0.2, 0.25) is 0 Å². The molecule has 0 unspecified atom stereocenters. The number of rotatable bonds is 2. The average Bonchev–Trinajstić information content (AvgIpc) is 2.17. The Kier molecular flexibility index (Phi) is 2.82. The number of aliphatic hydroxyl groups excluding tert-OH is 1. The lowest BCUT2D eigenvalue weighted by molar-refractivity contribution is -0.148. The van der Waals surface area contributed by atoms with Gasteiger partial charge in [-0.05, 0) is 5.56 Å². The van der Waals surface area contributed by atoms with Crippen molar-refractivity contribution in [3.05, 3.63) is 43.0 Å². The summed E-state index contributed by atoms with van der Waals surface area (Å²) in [6, 6.07) is 8.54. The Balaban J connectivity index is 2.78. The first kappa shape index (κ1) is 8.74. The van der Waals surface area contributed by atoms with Gasteiger partial charge in [-0.25, -0.2) is 4.79 Å². The number of esters is 1. The zero-order valence-corrected chi connectivity index (χ0v) is 6.43. The number of carbonyl (C=O) groups excluding carboxylic acids is 1. The molecule has 3 nitrogen and oxygen atoms in total. The van der Waals surface area contributed by atoms with Crippen molar-refractivity contribution >= 4 is 5.97 Å². The fourth-order valence-electron chi connectivity index (χ4n) is 0.850. The molecule has 12 heavy (non-hydrogen) atoms. The van der Waals surface area contributed by atoms with E-state index >= 15 is 0 Å². The summed E-state index contributed by atoms with van der Waals surface area (Å²) < 4.78 is 4.13. The quantitative estimate of drug-likeness (QED) is 0.666. The fourth-order valence-corrected chi connectivity index (χ4v) is 0.850. The van der Waals surface area contributed by atoms with Crippen molar-refractivity contribution < 1.29 is 14.6 Å². The molecule has 1 aromatic rings. The van der Waals surface area contributed by atoms with Crippen LogP contribution in [0.4, 0.5) is 0 Å². The first-order valence-electron chi connectivity index (χ1n) is 3.44. The zero-order chi connectivity index (χ0) is 8.97. The predicted octanol–water partition coefficient (Wildman–Crippen LogP) is 1.05. The van der Waals surface area contributed by atoms with Crippen molar-refractivity contribution in [1.29, 1.82) is 0 Å². The Labute approximate surface area is 70.6 Å². The number of carbonyl (C=O) groups is 1. The van der Waals surface area contributed by atoms with Crippen LogP contribution in [0.5, 0.6) is 0 Å². The second kappa shape index (κ2) is 3.88. The lowest BCUT2D eigenvalue weighted by Crippen LogP contribution is -2.12. The van der Waals surface area contributed by atoms with Gasteiger partial charge >= 0.3 is 5.97 Å². The normalized spacial score (nSPS) is 12.2. The number of aliphatic hydroxyl groups is 1. The molecule has 1 radical (unpaired) electrons. The third-order valence-corrected chi connectivity index (χ3v) is 1.48. The third-order valence-electron chi connectivity index (χ3n) is 1.48. The first-order valence-corrected chi connectivity index (χ1v) is 3.44. The van der Waals surface area contributed by atoms with E-state index in [4.69, 9.17) is 0 Å². The highest BCUT2D eigenvalue weighted by Gasteiger charge is 2.16. The highest BCUT2D eigenvalue weighted by atomic mass is 16.5. The molecule has 1 rings (SSSR count). The van der Waals surface area contributed by atoms with E-state index in [1.165, 1.54) is 0 Å². The molecule has 0 fully saturated rings. The molecule has 1 atom stereocenters. The van der Waals surface area contributed by atoms with Gasteiger partial charge in [0.25, 0.3) is 0 Å². The van der Waals surface area contributed by atoms with E-state index in [0.717, 1.165) is 0 Å². The summed E-state index contributed by atoms with van der Waals surface area (Å²) in [6.07, 6.45) is -1.23. The molecule has 1 aromatic carbocycles. The van der Waals surface area contributed by atoms with E-state index in [1.54, 1.807) is 30.3 Å². The maximum absolute atomic E-state index is 10.8. The van der Waals surface area contributed by atoms with Crippen LogP contribution in [0, 0.1) is 7.11 Å². The summed E-state index contributed by atoms with van der Waals surface area (Å²) in [5.74, 6) is -0.749. The molecule has 0 aromatic heterocycles. The first-order chi connectivity index (χ1) is 5.75. The van der Waals surface area contributed by atoms with Crippen molar-refractivity contribution in [1.82, 2.24) is 0 Å². The molecule has 0 spiro atoms. The van der Waals surface area contributed by atoms with Crippen molar-refractivity contribution in [3.8, 4) is 0 Å². The van der Waals surface area contributed by atoms with Gasteiger partial charge < -0.3 is 9.84 Å². The summed E-state index contributed by atoms with van der Waals surface area (Å²) >= 11 is 0. The number of ether oxygens (including phenoxy) is 1. The van der Waals surface area contributed by atoms with Crippen molar-refractivity contribution in [2.24, 2.45) is 0 Å². The third kappa shape index (κ3) is 1.83. The van der Waals surface area contributed by atoms with E-state index < -0.39 is 12.1 Å². The number of hydrogen-bond acceptors (Lipinski definition) is 3. The molecule has 1 N–H and O–H groups in total. The smallest absolute Gasteiger partial charge is 0.339 e. The van der Waals surface area contributed by atoms with E-state index in [0.29, 0.717) is 5.56 Å². The molecule has 63 valence electrons. The van der Waals surface area contributed by atoms with Crippen LogP contribution in [0.3, 0.4) is 0 Å². The van der Waals surface area contributed by atoms with E-state index in [2.05, 4.69) is 11.8 Å². The molecular weight excluding hydrogens is 156 g/mol. The predicted molar refractivity (Wildman–Crippen MR) is 42.9 cm³/mol. The number of benzene rings is 1. The van der Waals surface area contributed by atoms with Crippen molar-refractivity contribution in [3.63, 3.8) is 0 Å². The van der Waals surface area contributed by atoms with E-state index in [-0.39, 0.29) is 0 Å². The molecule has 0 heterocycles. The molecule has 0 aliphatic heterocycles. The van der Waals surface area contributed by atoms with Crippen molar-refractivity contribution in [2.75, 3.05) is 0 Å². The average molecular weight is 165 g/mol. The molecule has 3 heteroatoms. The molecule has 0 saturated carbocycles. The van der Waals surface area contributed by atoms with Gasteiger partial charge in [0.1, 0.15) is 7.11 Å². The highest BCUT2D eigenvalue weighted by molar-refractivity contribution is 5.76. The Hall–Kier alpha value is -1.35. The lowest BCUT2D eigenvalue weighted by atomic mass is 10.1. The Bertz CT molecular complexity index is 256. The molecule has 0 aliphatic carbocycles. The summed E-state index contributed by atoms with van der Waals surface area (Å²) in [5, 5.41) is 9.27. The standard InChI is InChI=1S/C9H9O3/c1-12-9(11)8(10)7-5-3-2-4-6-7/h2-6,8,10H,1H2/t8-/m1/s1. The minimum absolute atomic E-state index is 0.506. The largest absolute Gasteiger partial charge is 0.460 e. The van der Waals surface area contributed by atoms with Crippen LogP contribution in [0.1, 0.15) is 11.7 Å². The minimum Gasteiger partial charge on any atom is -0.460 e. The molecule has 0 saturated heterocycles. The zero-order valence-electron chi connectivity index (χ0n) is 6.43. The summed E-state index contributed by atoms with van der Waals surface area (Å²) in [6.45, 7) is 0. The summed E-state index contributed by atoms with van der Waals surface area (Å²) in [4.78, 5) is 10.8. The van der Waals surface area contributed by atoms with Gasteiger partial charge in [-0.2, -0.15) is 0 Å². The van der Waals surface area contributed by atoms with Crippen LogP contribution in [0.25, 0.3) is 0 Å². The minimum atomic E-state index is -1.23. The SMILES string of the molecule is [CH2]OC(=O)[C@H](O)c1ccccc1. The lowest BCUT2D eigenvalue weighted by Gasteiger charge is -2.06. The Morgan fingerprint density at radius 3 is 2.50 bits per heavy atom. The van der Waals surface area contributed by atoms with Gasteiger partial charge in [0.2, 0.25) is 0 Å². The molecule has 0 bridgehead atoms. The molecule has 0 aliphatic rings. The molecule has 0 amide bonds. The fraction of sp³-hybridized carbons (Fsp3) is 0.111. The summed E-state index contributed by atoms with van der Waals surface area (Å²) in [5.41, 5.74) is 0.506. The van der Waals surface area contributed by atoms with Crippen LogP contribution in [-0.2, 0) is 9.53 Å². The second-order valence-corrected chi connectivity index (χ2v) is 2.28. The van der Waals surface area contributed by atoms with E-state index in [9.17, 15) is 9.90 Å². The summed E-state index contributed by atoms with van der Waals surface area (Å²) in [7, 11) is 2.92. The van der Waals surface area contributed by atoms with Crippen LogP contribution >= 0.6 is 0 Å². The Morgan fingerprint density at radius 2 is 2.00 bits per heavy atom. The molecular formula is C9H9O3. The van der Waals surface area contributed by atoms with Gasteiger partial charge in [0.15, 0.2) is 6.10 Å². The van der Waals surface area contributed by atoms with Crippen LogP contribution < -0.4 is 0 Å². The maximum atomic E-state index is 10.8. The van der Waals surface area contributed by atoms with Crippen molar-refractivity contribution in [2.45, 2.75) is 6.10 Å². The Morgan fingerprint density at radius 1 is 1.42 bits per heavy atom.